The van der Waals surface area contributed by atoms with E-state index in [0.717, 1.165) is 12.1 Å². The summed E-state index contributed by atoms with van der Waals surface area (Å²) in [5, 5.41) is 10.5. The van der Waals surface area contributed by atoms with Crippen LogP contribution in [-0.2, 0) is 10.0 Å². The van der Waals surface area contributed by atoms with E-state index in [9.17, 15) is 22.9 Å². The standard InChI is InChI=1S/C12H11FN4O4S/c1-7-5-8(2)15-12(14-7)16-22(20,21)11-4-3-9(17(18)19)6-10(11)13/h3-6H,1-2H3,(H,14,15,16). The molecule has 10 heteroatoms. The van der Waals surface area contributed by atoms with Crippen molar-refractivity contribution in [2.45, 2.75) is 18.7 Å². The second-order valence-corrected chi connectivity index (χ2v) is 6.10. The van der Waals surface area contributed by atoms with Gasteiger partial charge in [0.15, 0.2) is 5.82 Å². The molecule has 1 N–H and O–H groups in total. The lowest BCUT2D eigenvalue weighted by molar-refractivity contribution is -0.385. The Morgan fingerprint density at radius 1 is 1.18 bits per heavy atom. The maximum absolute atomic E-state index is 13.8. The van der Waals surface area contributed by atoms with Gasteiger partial charge in [0.1, 0.15) is 4.90 Å². The van der Waals surface area contributed by atoms with E-state index in [1.807, 2.05) is 4.72 Å². The Labute approximate surface area is 125 Å². The molecule has 0 saturated carbocycles. The van der Waals surface area contributed by atoms with Crippen molar-refractivity contribution in [2.24, 2.45) is 0 Å². The van der Waals surface area contributed by atoms with Crippen LogP contribution in [0.3, 0.4) is 0 Å². The van der Waals surface area contributed by atoms with E-state index in [-0.39, 0.29) is 5.95 Å². The Kier molecular flexibility index (Phi) is 4.04. The number of sulfonamides is 1. The number of nitro benzene ring substituents is 1. The van der Waals surface area contributed by atoms with Gasteiger partial charge in [0.25, 0.3) is 15.7 Å². The first-order chi connectivity index (χ1) is 10.2. The van der Waals surface area contributed by atoms with Crippen LogP contribution in [0.5, 0.6) is 0 Å². The number of non-ortho nitro benzene ring substituents is 1. The molecule has 0 atom stereocenters. The van der Waals surface area contributed by atoms with E-state index in [4.69, 9.17) is 0 Å². The van der Waals surface area contributed by atoms with Gasteiger partial charge in [-0.1, -0.05) is 0 Å². The number of nitrogens with one attached hydrogen (secondary N) is 1. The highest BCUT2D eigenvalue weighted by molar-refractivity contribution is 7.92. The molecule has 0 aliphatic carbocycles. The van der Waals surface area contributed by atoms with E-state index in [1.54, 1.807) is 19.9 Å². The average molecular weight is 326 g/mol. The number of nitro groups is 1. The van der Waals surface area contributed by atoms with E-state index in [1.165, 1.54) is 0 Å². The quantitative estimate of drug-likeness (QED) is 0.678. The lowest BCUT2D eigenvalue weighted by Gasteiger charge is -2.08. The molecule has 0 aliphatic heterocycles. The summed E-state index contributed by atoms with van der Waals surface area (Å²) in [6, 6.07) is 3.90. The molecule has 8 nitrogen and oxygen atoms in total. The molecule has 2 aromatic rings. The van der Waals surface area contributed by atoms with Gasteiger partial charge in [-0.3, -0.25) is 10.1 Å². The topological polar surface area (TPSA) is 115 Å². The second-order valence-electron chi connectivity index (χ2n) is 4.45. The van der Waals surface area contributed by atoms with Crippen molar-refractivity contribution < 1.29 is 17.7 Å². The predicted octanol–water partition coefficient (Wildman–Crippen LogP) is 1.94. The summed E-state index contributed by atoms with van der Waals surface area (Å²) in [7, 11) is -4.29. The lowest BCUT2D eigenvalue weighted by atomic mass is 10.3. The third kappa shape index (κ3) is 3.34. The summed E-state index contributed by atoms with van der Waals surface area (Å²) in [4.78, 5) is 16.8. The Morgan fingerprint density at radius 3 is 2.27 bits per heavy atom. The molecule has 0 amide bonds. The number of hydrogen-bond donors (Lipinski definition) is 1. The number of anilines is 1. The molecule has 1 heterocycles. The summed E-state index contributed by atoms with van der Waals surface area (Å²) in [5.74, 6) is -1.43. The number of halogens is 1. The minimum Gasteiger partial charge on any atom is -0.258 e. The Hall–Kier alpha value is -2.62. The van der Waals surface area contributed by atoms with Gasteiger partial charge < -0.3 is 0 Å². The van der Waals surface area contributed by atoms with Crippen LogP contribution in [0.25, 0.3) is 0 Å². The largest absolute Gasteiger partial charge is 0.272 e. The highest BCUT2D eigenvalue weighted by Crippen LogP contribution is 2.22. The van der Waals surface area contributed by atoms with Gasteiger partial charge in [0, 0.05) is 17.5 Å². The van der Waals surface area contributed by atoms with Crippen LogP contribution >= 0.6 is 0 Å². The van der Waals surface area contributed by atoms with Gasteiger partial charge in [0.05, 0.1) is 11.0 Å². The minimum atomic E-state index is -4.29. The number of aryl methyl sites for hydroxylation is 2. The molecule has 0 spiro atoms. The van der Waals surface area contributed by atoms with Crippen molar-refractivity contribution in [3.8, 4) is 0 Å². The summed E-state index contributed by atoms with van der Waals surface area (Å²) in [6.07, 6.45) is 0. The number of benzene rings is 1. The first-order valence-electron chi connectivity index (χ1n) is 5.98. The smallest absolute Gasteiger partial charge is 0.258 e. The first-order valence-corrected chi connectivity index (χ1v) is 7.46. The number of aromatic nitrogens is 2. The van der Waals surface area contributed by atoms with Crippen molar-refractivity contribution in [1.82, 2.24) is 9.97 Å². The number of hydrogen-bond acceptors (Lipinski definition) is 6. The molecular formula is C12H11FN4O4S. The molecule has 0 unspecified atom stereocenters. The highest BCUT2D eigenvalue weighted by Gasteiger charge is 2.23. The van der Waals surface area contributed by atoms with Crippen molar-refractivity contribution in [3.05, 3.63) is 51.6 Å². The van der Waals surface area contributed by atoms with Crippen LogP contribution < -0.4 is 4.72 Å². The van der Waals surface area contributed by atoms with Gasteiger partial charge in [-0.2, -0.15) is 0 Å². The zero-order valence-electron chi connectivity index (χ0n) is 11.6. The third-order valence-electron chi connectivity index (χ3n) is 2.62. The van der Waals surface area contributed by atoms with E-state index < -0.39 is 31.3 Å². The second kappa shape index (κ2) is 5.64. The zero-order chi connectivity index (χ0) is 16.5. The molecule has 0 aliphatic rings. The summed E-state index contributed by atoms with van der Waals surface area (Å²) < 4.78 is 40.1. The fourth-order valence-electron chi connectivity index (χ4n) is 1.77. The van der Waals surface area contributed by atoms with Crippen molar-refractivity contribution >= 4 is 21.7 Å². The van der Waals surface area contributed by atoms with Crippen molar-refractivity contribution in [3.63, 3.8) is 0 Å². The Balaban J connectivity index is 2.40. The van der Waals surface area contributed by atoms with Gasteiger partial charge in [-0.25, -0.2) is 27.5 Å². The van der Waals surface area contributed by atoms with Crippen LogP contribution in [-0.4, -0.2) is 23.3 Å². The fourth-order valence-corrected chi connectivity index (χ4v) is 2.77. The van der Waals surface area contributed by atoms with Crippen LogP contribution in [0.2, 0.25) is 0 Å². The SMILES string of the molecule is Cc1cc(C)nc(NS(=O)(=O)c2ccc([N+](=O)[O-])cc2F)n1. The third-order valence-corrected chi connectivity index (χ3v) is 3.99. The molecule has 1 aromatic heterocycles. The average Bonchev–Trinajstić information content (AvgIpc) is 2.36. The molecule has 0 bridgehead atoms. The maximum atomic E-state index is 13.8. The molecular weight excluding hydrogens is 315 g/mol. The Bertz CT molecular complexity index is 834. The molecule has 1 aromatic carbocycles. The van der Waals surface area contributed by atoms with Gasteiger partial charge >= 0.3 is 0 Å². The summed E-state index contributed by atoms with van der Waals surface area (Å²) in [5.41, 5.74) is 0.530. The molecule has 22 heavy (non-hydrogen) atoms. The van der Waals surface area contributed by atoms with Crippen LogP contribution in [0.1, 0.15) is 11.4 Å². The summed E-state index contributed by atoms with van der Waals surface area (Å²) >= 11 is 0. The molecule has 0 fully saturated rings. The van der Waals surface area contributed by atoms with Gasteiger partial charge in [-0.15, -0.1) is 0 Å². The van der Waals surface area contributed by atoms with Crippen LogP contribution in [0.15, 0.2) is 29.2 Å². The summed E-state index contributed by atoms with van der Waals surface area (Å²) in [6.45, 7) is 3.30. The van der Waals surface area contributed by atoms with Gasteiger partial charge in [0.2, 0.25) is 5.95 Å². The predicted molar refractivity (Wildman–Crippen MR) is 75.4 cm³/mol. The monoisotopic (exact) mass is 326 g/mol. The van der Waals surface area contributed by atoms with Crippen molar-refractivity contribution in [1.29, 1.82) is 0 Å². The zero-order valence-corrected chi connectivity index (χ0v) is 12.4. The van der Waals surface area contributed by atoms with E-state index in [2.05, 4.69) is 9.97 Å². The maximum Gasteiger partial charge on any atom is 0.272 e. The lowest BCUT2D eigenvalue weighted by Crippen LogP contribution is -2.17. The van der Waals surface area contributed by atoms with E-state index >= 15 is 0 Å². The number of rotatable bonds is 4. The Morgan fingerprint density at radius 2 is 1.77 bits per heavy atom. The fraction of sp³-hybridized carbons (Fsp3) is 0.167. The molecule has 2 rings (SSSR count). The molecule has 116 valence electrons. The van der Waals surface area contributed by atoms with Gasteiger partial charge in [-0.05, 0) is 26.0 Å². The molecule has 0 radical (unpaired) electrons. The molecule has 0 saturated heterocycles. The minimum absolute atomic E-state index is 0.199. The van der Waals surface area contributed by atoms with Crippen molar-refractivity contribution in [2.75, 3.05) is 4.72 Å². The first kappa shape index (κ1) is 15.8. The van der Waals surface area contributed by atoms with E-state index in [0.29, 0.717) is 17.5 Å². The highest BCUT2D eigenvalue weighted by atomic mass is 32.2. The number of nitrogens with zero attached hydrogens (tertiary/aromatic N) is 3. The van der Waals surface area contributed by atoms with Crippen LogP contribution in [0, 0.1) is 29.8 Å². The normalized spacial score (nSPS) is 11.2. The van der Waals surface area contributed by atoms with Crippen LogP contribution in [0.4, 0.5) is 16.0 Å².